The summed E-state index contributed by atoms with van der Waals surface area (Å²) in [6.45, 7) is 8.53. The lowest BCUT2D eigenvalue weighted by Gasteiger charge is -2.29. The summed E-state index contributed by atoms with van der Waals surface area (Å²) in [5, 5.41) is 0. The van der Waals surface area contributed by atoms with Crippen LogP contribution in [0.2, 0.25) is 0 Å². The Morgan fingerprint density at radius 3 is 2.45 bits per heavy atom. The van der Waals surface area contributed by atoms with E-state index in [2.05, 4.69) is 23.6 Å². The molecule has 0 aliphatic heterocycles. The molecule has 1 aromatic rings. The Hall–Kier alpha value is -1.05. The van der Waals surface area contributed by atoms with E-state index >= 15 is 0 Å². The Morgan fingerprint density at radius 2 is 2.05 bits per heavy atom. The molecule has 5 nitrogen and oxygen atoms in total. The summed E-state index contributed by atoms with van der Waals surface area (Å²) < 4.78 is 26.9. The molecule has 0 amide bonds. The van der Waals surface area contributed by atoms with Crippen molar-refractivity contribution in [3.8, 4) is 0 Å². The highest BCUT2D eigenvalue weighted by Gasteiger charge is 2.25. The predicted octanol–water partition coefficient (Wildman–Crippen LogP) is 1.68. The van der Waals surface area contributed by atoms with Crippen molar-refractivity contribution < 1.29 is 8.42 Å². The molecule has 0 fully saturated rings. The van der Waals surface area contributed by atoms with E-state index in [4.69, 9.17) is 18.0 Å². The summed E-state index contributed by atoms with van der Waals surface area (Å²) in [5.74, 6) is 0.361. The van der Waals surface area contributed by atoms with Crippen LogP contribution in [0.15, 0.2) is 23.2 Å². The summed E-state index contributed by atoms with van der Waals surface area (Å²) in [5.41, 5.74) is 5.70. The molecule has 1 heterocycles. The number of nitrogens with two attached hydrogens (primary N) is 1. The van der Waals surface area contributed by atoms with Crippen molar-refractivity contribution in [3.05, 3.63) is 24.0 Å². The Kier molecular flexibility index (Phi) is 5.23. The first-order valence-corrected chi connectivity index (χ1v) is 8.21. The van der Waals surface area contributed by atoms with Gasteiger partial charge in [0.1, 0.15) is 9.88 Å². The number of thiocarbonyl (C=S) groups is 1. The van der Waals surface area contributed by atoms with Crippen molar-refractivity contribution in [1.82, 2.24) is 9.71 Å². The zero-order valence-corrected chi connectivity index (χ0v) is 13.8. The first kappa shape index (κ1) is 17.0. The van der Waals surface area contributed by atoms with Crippen LogP contribution in [0.3, 0.4) is 0 Å². The van der Waals surface area contributed by atoms with Gasteiger partial charge in [-0.1, -0.05) is 39.9 Å². The Bertz CT molecular complexity index is 578. The zero-order valence-electron chi connectivity index (χ0n) is 12.2. The number of pyridine rings is 1. The fraction of sp³-hybridized carbons (Fsp3) is 0.538. The smallest absolute Gasteiger partial charge is 0.242 e. The molecule has 3 N–H and O–H groups in total. The average Bonchev–Trinajstić information content (AvgIpc) is 2.36. The van der Waals surface area contributed by atoms with Crippen molar-refractivity contribution in [1.29, 1.82) is 0 Å². The van der Waals surface area contributed by atoms with Crippen molar-refractivity contribution in [3.63, 3.8) is 0 Å². The first-order valence-electron chi connectivity index (χ1n) is 6.32. The number of hydrogen-bond acceptors (Lipinski definition) is 4. The summed E-state index contributed by atoms with van der Waals surface area (Å²) in [6, 6.07) is 2.96. The van der Waals surface area contributed by atoms with Crippen LogP contribution in [-0.2, 0) is 10.0 Å². The molecule has 112 valence electrons. The molecule has 1 rings (SSSR count). The van der Waals surface area contributed by atoms with Gasteiger partial charge >= 0.3 is 0 Å². The summed E-state index contributed by atoms with van der Waals surface area (Å²) >= 11 is 4.78. The standard InChI is InChI=1S/C13H21N3O2S2/c1-9(2)13(3,4)8-16-20(17,18)10-5-6-11(12(14)19)15-7-10/h5-7,9,16H,8H2,1-4H3,(H2,14,19). The molecule has 20 heavy (non-hydrogen) atoms. The second kappa shape index (κ2) is 6.15. The van der Waals surface area contributed by atoms with Gasteiger partial charge in [0.2, 0.25) is 10.0 Å². The Morgan fingerprint density at radius 1 is 1.45 bits per heavy atom. The highest BCUT2D eigenvalue weighted by atomic mass is 32.2. The summed E-state index contributed by atoms with van der Waals surface area (Å²) in [6.07, 6.45) is 1.26. The highest BCUT2D eigenvalue weighted by molar-refractivity contribution is 7.89. The minimum absolute atomic E-state index is 0.108. The number of hydrogen-bond donors (Lipinski definition) is 2. The largest absolute Gasteiger partial charge is 0.388 e. The fourth-order valence-corrected chi connectivity index (χ4v) is 2.54. The van der Waals surface area contributed by atoms with Gasteiger partial charge in [0.25, 0.3) is 0 Å². The topological polar surface area (TPSA) is 85.1 Å². The third-order valence-electron chi connectivity index (χ3n) is 3.58. The molecule has 0 atom stereocenters. The summed E-state index contributed by atoms with van der Waals surface area (Å²) in [7, 11) is -3.57. The Labute approximate surface area is 126 Å². The normalized spacial score (nSPS) is 12.7. The SMILES string of the molecule is CC(C)C(C)(C)CNS(=O)(=O)c1ccc(C(N)=S)nc1. The van der Waals surface area contributed by atoms with E-state index in [9.17, 15) is 8.42 Å². The molecule has 0 unspecified atom stereocenters. The molecule has 0 saturated heterocycles. The average molecular weight is 315 g/mol. The molecule has 0 spiro atoms. The third kappa shape index (κ3) is 4.22. The molecular weight excluding hydrogens is 294 g/mol. The van der Waals surface area contributed by atoms with Crippen LogP contribution in [0.1, 0.15) is 33.4 Å². The molecule has 0 radical (unpaired) electrons. The minimum atomic E-state index is -3.57. The van der Waals surface area contributed by atoms with Crippen LogP contribution >= 0.6 is 12.2 Å². The molecule has 0 aliphatic carbocycles. The van der Waals surface area contributed by atoms with Gasteiger partial charge in [-0.3, -0.25) is 4.98 Å². The molecule has 0 saturated carbocycles. The van der Waals surface area contributed by atoms with Crippen molar-refractivity contribution >= 4 is 27.2 Å². The molecular formula is C13H21N3O2S2. The monoisotopic (exact) mass is 315 g/mol. The van der Waals surface area contributed by atoms with Crippen LogP contribution in [0.4, 0.5) is 0 Å². The number of nitrogens with one attached hydrogen (secondary N) is 1. The second-order valence-corrected chi connectivity index (χ2v) is 7.92. The van der Waals surface area contributed by atoms with E-state index in [1.807, 2.05) is 13.8 Å². The van der Waals surface area contributed by atoms with E-state index in [1.165, 1.54) is 18.3 Å². The lowest BCUT2D eigenvalue weighted by molar-refractivity contribution is 0.252. The van der Waals surface area contributed by atoms with Gasteiger partial charge < -0.3 is 5.73 Å². The maximum absolute atomic E-state index is 12.2. The summed E-state index contributed by atoms with van der Waals surface area (Å²) in [4.78, 5) is 4.19. The van der Waals surface area contributed by atoms with Crippen molar-refractivity contribution in [2.75, 3.05) is 6.54 Å². The van der Waals surface area contributed by atoms with Gasteiger partial charge in [0.15, 0.2) is 0 Å². The molecule has 0 aromatic carbocycles. The zero-order chi connectivity index (χ0) is 15.6. The van der Waals surface area contributed by atoms with Gasteiger partial charge in [-0.15, -0.1) is 0 Å². The number of rotatable bonds is 6. The molecule has 7 heteroatoms. The van der Waals surface area contributed by atoms with Crippen LogP contribution in [-0.4, -0.2) is 24.9 Å². The number of sulfonamides is 1. The van der Waals surface area contributed by atoms with Gasteiger partial charge in [-0.05, 0) is 23.5 Å². The van der Waals surface area contributed by atoms with E-state index in [0.29, 0.717) is 18.2 Å². The number of aromatic nitrogens is 1. The van der Waals surface area contributed by atoms with Gasteiger partial charge in [-0.25, -0.2) is 13.1 Å². The second-order valence-electron chi connectivity index (χ2n) is 5.71. The van der Waals surface area contributed by atoms with E-state index in [0.717, 1.165) is 0 Å². The highest BCUT2D eigenvalue weighted by Crippen LogP contribution is 2.25. The maximum atomic E-state index is 12.2. The van der Waals surface area contributed by atoms with Gasteiger partial charge in [0, 0.05) is 12.7 Å². The molecule has 0 bridgehead atoms. The van der Waals surface area contributed by atoms with Crippen molar-refractivity contribution in [2.24, 2.45) is 17.1 Å². The van der Waals surface area contributed by atoms with Crippen LogP contribution < -0.4 is 10.5 Å². The van der Waals surface area contributed by atoms with Gasteiger partial charge in [0.05, 0.1) is 5.69 Å². The first-order chi connectivity index (χ1) is 9.06. The lowest BCUT2D eigenvalue weighted by Crippen LogP contribution is -2.37. The minimum Gasteiger partial charge on any atom is -0.388 e. The van der Waals surface area contributed by atoms with Crippen LogP contribution in [0, 0.1) is 11.3 Å². The fourth-order valence-electron chi connectivity index (χ4n) is 1.25. The Balaban J connectivity index is 2.87. The van der Waals surface area contributed by atoms with E-state index < -0.39 is 10.0 Å². The van der Waals surface area contributed by atoms with Gasteiger partial charge in [-0.2, -0.15) is 0 Å². The number of nitrogens with zero attached hydrogens (tertiary/aromatic N) is 1. The predicted molar refractivity (Wildman–Crippen MR) is 83.9 cm³/mol. The lowest BCUT2D eigenvalue weighted by atomic mass is 9.81. The van der Waals surface area contributed by atoms with Crippen LogP contribution in [0.25, 0.3) is 0 Å². The van der Waals surface area contributed by atoms with E-state index in [-0.39, 0.29) is 15.3 Å². The maximum Gasteiger partial charge on any atom is 0.242 e. The third-order valence-corrected chi connectivity index (χ3v) is 5.18. The molecule has 1 aromatic heterocycles. The van der Waals surface area contributed by atoms with E-state index in [1.54, 1.807) is 0 Å². The quantitative estimate of drug-likeness (QED) is 0.780. The van der Waals surface area contributed by atoms with Crippen LogP contribution in [0.5, 0.6) is 0 Å². The van der Waals surface area contributed by atoms with Crippen molar-refractivity contribution in [2.45, 2.75) is 32.6 Å². The molecule has 0 aliphatic rings.